The lowest BCUT2D eigenvalue weighted by Gasteiger charge is -2.09. The van der Waals surface area contributed by atoms with E-state index >= 15 is 0 Å². The summed E-state index contributed by atoms with van der Waals surface area (Å²) in [4.78, 5) is 24.3. The van der Waals surface area contributed by atoms with Gasteiger partial charge in [0, 0.05) is 16.3 Å². The van der Waals surface area contributed by atoms with Gasteiger partial charge in [0.2, 0.25) is 0 Å². The van der Waals surface area contributed by atoms with Crippen LogP contribution in [-0.4, -0.2) is 24.1 Å². The topological polar surface area (TPSA) is 79.8 Å². The Balaban J connectivity index is 1.59. The second-order valence-corrected chi connectivity index (χ2v) is 6.82. The molecule has 6 nitrogen and oxygen atoms in total. The molecule has 152 valence electrons. The Bertz CT molecular complexity index is 1070. The number of ether oxygens (including phenoxy) is 1. The van der Waals surface area contributed by atoms with E-state index in [0.717, 1.165) is 5.56 Å². The molecule has 0 aliphatic carbocycles. The molecule has 0 aliphatic heterocycles. The van der Waals surface area contributed by atoms with Crippen molar-refractivity contribution in [2.75, 3.05) is 11.9 Å². The summed E-state index contributed by atoms with van der Waals surface area (Å²) in [6.45, 7) is 1.66. The number of halogens is 1. The van der Waals surface area contributed by atoms with Gasteiger partial charge in [0.25, 0.3) is 11.8 Å². The van der Waals surface area contributed by atoms with E-state index in [1.165, 1.54) is 0 Å². The van der Waals surface area contributed by atoms with Gasteiger partial charge < -0.3 is 10.1 Å². The molecule has 2 amide bonds. The molecule has 0 fully saturated rings. The first kappa shape index (κ1) is 21.1. The molecule has 30 heavy (non-hydrogen) atoms. The molecule has 3 aromatic carbocycles. The number of hydrazone groups is 1. The predicted octanol–water partition coefficient (Wildman–Crippen LogP) is 4.51. The van der Waals surface area contributed by atoms with Crippen LogP contribution in [0.5, 0.6) is 5.75 Å². The average Bonchev–Trinajstić information content (AvgIpc) is 2.76. The van der Waals surface area contributed by atoms with Gasteiger partial charge >= 0.3 is 0 Å². The second kappa shape index (κ2) is 10.2. The van der Waals surface area contributed by atoms with E-state index in [4.69, 9.17) is 16.3 Å². The lowest BCUT2D eigenvalue weighted by atomic mass is 10.1. The van der Waals surface area contributed by atoms with Crippen molar-refractivity contribution in [2.24, 2.45) is 5.10 Å². The smallest absolute Gasteiger partial charge is 0.271 e. The van der Waals surface area contributed by atoms with Gasteiger partial charge in [-0.1, -0.05) is 48.0 Å². The number of carbonyl (C=O) groups excluding carboxylic acids is 2. The number of benzene rings is 3. The zero-order valence-corrected chi connectivity index (χ0v) is 17.0. The highest BCUT2D eigenvalue weighted by atomic mass is 35.5. The van der Waals surface area contributed by atoms with Gasteiger partial charge in [-0.15, -0.1) is 0 Å². The minimum Gasteiger partial charge on any atom is -0.484 e. The van der Waals surface area contributed by atoms with E-state index in [9.17, 15) is 9.59 Å². The fourth-order valence-electron chi connectivity index (χ4n) is 2.58. The van der Waals surface area contributed by atoms with Gasteiger partial charge in [0.15, 0.2) is 6.61 Å². The third kappa shape index (κ3) is 6.18. The minimum absolute atomic E-state index is 0.100. The lowest BCUT2D eigenvalue weighted by Crippen LogP contribution is -2.20. The Morgan fingerprint density at radius 2 is 1.67 bits per heavy atom. The number of rotatable bonds is 7. The van der Waals surface area contributed by atoms with Crippen molar-refractivity contribution in [2.45, 2.75) is 6.92 Å². The van der Waals surface area contributed by atoms with Crippen LogP contribution in [0.4, 0.5) is 5.69 Å². The molecule has 0 unspecified atom stereocenters. The van der Waals surface area contributed by atoms with Crippen LogP contribution in [0.15, 0.2) is 84.0 Å². The summed E-state index contributed by atoms with van der Waals surface area (Å²) in [7, 11) is 0. The minimum atomic E-state index is -0.362. The summed E-state index contributed by atoms with van der Waals surface area (Å²) >= 11 is 5.90. The first-order chi connectivity index (χ1) is 14.5. The van der Waals surface area contributed by atoms with Crippen molar-refractivity contribution >= 4 is 34.8 Å². The van der Waals surface area contributed by atoms with Crippen LogP contribution >= 0.6 is 11.6 Å². The van der Waals surface area contributed by atoms with Crippen LogP contribution in [0.25, 0.3) is 0 Å². The maximum absolute atomic E-state index is 12.2. The molecule has 3 rings (SSSR count). The molecular weight excluding hydrogens is 402 g/mol. The van der Waals surface area contributed by atoms with Crippen LogP contribution in [-0.2, 0) is 4.79 Å². The highest BCUT2D eigenvalue weighted by Gasteiger charge is 2.07. The van der Waals surface area contributed by atoms with Crippen molar-refractivity contribution in [3.05, 3.63) is 95.0 Å². The highest BCUT2D eigenvalue weighted by molar-refractivity contribution is 6.31. The van der Waals surface area contributed by atoms with E-state index in [-0.39, 0.29) is 18.4 Å². The summed E-state index contributed by atoms with van der Waals surface area (Å²) in [5, 5.41) is 7.39. The van der Waals surface area contributed by atoms with E-state index < -0.39 is 0 Å². The second-order valence-electron chi connectivity index (χ2n) is 6.38. The van der Waals surface area contributed by atoms with Crippen LogP contribution < -0.4 is 15.5 Å². The van der Waals surface area contributed by atoms with Crippen molar-refractivity contribution in [1.29, 1.82) is 0 Å². The van der Waals surface area contributed by atoms with Gasteiger partial charge in [0.05, 0.1) is 5.71 Å². The van der Waals surface area contributed by atoms with Gasteiger partial charge in [-0.05, 0) is 55.0 Å². The van der Waals surface area contributed by atoms with Gasteiger partial charge in [-0.3, -0.25) is 9.59 Å². The number of carbonyl (C=O) groups is 2. The van der Waals surface area contributed by atoms with E-state index in [1.54, 1.807) is 61.5 Å². The summed E-state index contributed by atoms with van der Waals surface area (Å²) < 4.78 is 5.44. The Kier molecular flexibility index (Phi) is 7.19. The third-order valence-corrected chi connectivity index (χ3v) is 4.32. The van der Waals surface area contributed by atoms with Crippen molar-refractivity contribution in [3.63, 3.8) is 0 Å². The molecule has 3 aromatic rings. The molecule has 0 spiro atoms. The summed E-state index contributed by atoms with van der Waals surface area (Å²) in [6, 6.07) is 22.9. The van der Waals surface area contributed by atoms with Crippen LogP contribution in [0, 0.1) is 0 Å². The summed E-state index contributed by atoms with van der Waals surface area (Å²) in [5.74, 6) is -0.0148. The molecule has 0 heterocycles. The Labute approximate surface area is 179 Å². The number of anilines is 1. The maximum Gasteiger partial charge on any atom is 0.271 e. The maximum atomic E-state index is 12.2. The molecular formula is C23H20ClN3O3. The molecule has 0 radical (unpaired) electrons. The quantitative estimate of drug-likeness (QED) is 0.435. The number of nitrogens with one attached hydrogen (secondary N) is 2. The fourth-order valence-corrected chi connectivity index (χ4v) is 2.77. The SMILES string of the molecule is C/C(=N\NC(=O)c1cccc(Cl)c1)c1cccc(NC(=O)COc2ccccc2)c1. The number of amides is 2. The predicted molar refractivity (Wildman–Crippen MR) is 118 cm³/mol. The first-order valence-electron chi connectivity index (χ1n) is 9.19. The molecule has 0 aromatic heterocycles. The van der Waals surface area contributed by atoms with Crippen molar-refractivity contribution in [3.8, 4) is 5.75 Å². The third-order valence-electron chi connectivity index (χ3n) is 4.09. The van der Waals surface area contributed by atoms with Gasteiger partial charge in [0.1, 0.15) is 5.75 Å². The highest BCUT2D eigenvalue weighted by Crippen LogP contribution is 2.13. The normalized spacial score (nSPS) is 10.9. The van der Waals surface area contributed by atoms with E-state index in [0.29, 0.717) is 27.7 Å². The molecule has 0 bridgehead atoms. The molecule has 7 heteroatoms. The zero-order chi connectivity index (χ0) is 21.3. The van der Waals surface area contributed by atoms with Crippen LogP contribution in [0.3, 0.4) is 0 Å². The van der Waals surface area contributed by atoms with Crippen molar-refractivity contribution in [1.82, 2.24) is 5.43 Å². The van der Waals surface area contributed by atoms with Gasteiger partial charge in [-0.2, -0.15) is 5.10 Å². The Morgan fingerprint density at radius 3 is 2.43 bits per heavy atom. The van der Waals surface area contributed by atoms with E-state index in [1.807, 2.05) is 24.3 Å². The standard InChI is InChI=1S/C23H20ClN3O3/c1-16(26-27-23(29)18-8-5-9-19(24)13-18)17-7-6-10-20(14-17)25-22(28)15-30-21-11-3-2-4-12-21/h2-14H,15H2,1H3,(H,25,28)(H,27,29)/b26-16+. The molecule has 0 saturated carbocycles. The monoisotopic (exact) mass is 421 g/mol. The summed E-state index contributed by atoms with van der Waals surface area (Å²) in [6.07, 6.45) is 0. The zero-order valence-electron chi connectivity index (χ0n) is 16.3. The molecule has 2 N–H and O–H groups in total. The number of hydrogen-bond donors (Lipinski definition) is 2. The molecule has 0 aliphatic rings. The number of hydrogen-bond acceptors (Lipinski definition) is 4. The number of para-hydroxylation sites is 1. The Morgan fingerprint density at radius 1 is 0.933 bits per heavy atom. The van der Waals surface area contributed by atoms with Crippen LogP contribution in [0.2, 0.25) is 5.02 Å². The van der Waals surface area contributed by atoms with Gasteiger partial charge in [-0.25, -0.2) is 5.43 Å². The lowest BCUT2D eigenvalue weighted by molar-refractivity contribution is -0.118. The van der Waals surface area contributed by atoms with Crippen molar-refractivity contribution < 1.29 is 14.3 Å². The molecule has 0 atom stereocenters. The Hall–Kier alpha value is -3.64. The molecule has 0 saturated heterocycles. The van der Waals surface area contributed by atoms with E-state index in [2.05, 4.69) is 15.8 Å². The van der Waals surface area contributed by atoms with Crippen LogP contribution in [0.1, 0.15) is 22.8 Å². The number of nitrogens with zero attached hydrogens (tertiary/aromatic N) is 1. The average molecular weight is 422 g/mol. The summed E-state index contributed by atoms with van der Waals surface area (Å²) in [5.41, 5.74) is 4.86. The largest absolute Gasteiger partial charge is 0.484 e. The first-order valence-corrected chi connectivity index (χ1v) is 9.57. The fraction of sp³-hybridized carbons (Fsp3) is 0.0870.